The maximum Gasteiger partial charge on any atom is 0.0702 e. The van der Waals surface area contributed by atoms with Crippen LogP contribution in [0.2, 0.25) is 0 Å². The van der Waals surface area contributed by atoms with E-state index >= 15 is 0 Å². The topological polar surface area (TPSA) is 24.5 Å². The van der Waals surface area contributed by atoms with Gasteiger partial charge in [-0.25, -0.2) is 0 Å². The zero-order chi connectivity index (χ0) is 11.3. The van der Waals surface area contributed by atoms with Gasteiger partial charge in [0.15, 0.2) is 0 Å². The van der Waals surface area contributed by atoms with Gasteiger partial charge in [0.25, 0.3) is 0 Å². The van der Waals surface area contributed by atoms with Crippen molar-refractivity contribution < 1.29 is 4.74 Å². The fourth-order valence-corrected chi connectivity index (χ4v) is 2.31. The van der Waals surface area contributed by atoms with Gasteiger partial charge in [-0.05, 0) is 46.8 Å². The van der Waals surface area contributed by atoms with Gasteiger partial charge in [-0.2, -0.15) is 0 Å². The van der Waals surface area contributed by atoms with Gasteiger partial charge in [0, 0.05) is 18.7 Å². The van der Waals surface area contributed by atoms with Gasteiger partial charge in [-0.1, -0.05) is 6.92 Å². The van der Waals surface area contributed by atoms with Crippen molar-refractivity contribution in [3.05, 3.63) is 0 Å². The molecule has 3 nitrogen and oxygen atoms in total. The molecule has 1 saturated heterocycles. The number of nitrogens with zero attached hydrogens (tertiary/aromatic N) is 1. The van der Waals surface area contributed by atoms with E-state index in [9.17, 15) is 0 Å². The third-order valence-corrected chi connectivity index (χ3v) is 3.37. The minimum absolute atomic E-state index is 0.407. The third-order valence-electron chi connectivity index (χ3n) is 3.37. The molecule has 0 aromatic carbocycles. The number of rotatable bonds is 6. The van der Waals surface area contributed by atoms with Gasteiger partial charge < -0.3 is 15.0 Å². The Bertz CT molecular complexity index is 175. The Labute approximate surface area is 94.2 Å². The van der Waals surface area contributed by atoms with Crippen LogP contribution >= 0.6 is 0 Å². The maximum atomic E-state index is 5.58. The molecule has 0 saturated carbocycles. The number of hydrogen-bond donors (Lipinski definition) is 1. The van der Waals surface area contributed by atoms with Gasteiger partial charge in [0.2, 0.25) is 0 Å². The molecule has 0 radical (unpaired) electrons. The lowest BCUT2D eigenvalue weighted by molar-refractivity contribution is 0.0825. The minimum atomic E-state index is 0.407. The number of likely N-dealkylation sites (N-methyl/N-ethyl adjacent to an activating group) is 1. The molecular formula is C12H26N2O. The van der Waals surface area contributed by atoms with E-state index in [2.05, 4.69) is 38.0 Å². The van der Waals surface area contributed by atoms with Crippen LogP contribution in [0.3, 0.4) is 0 Å². The molecule has 1 aliphatic heterocycles. The molecule has 1 heterocycles. The van der Waals surface area contributed by atoms with E-state index in [-0.39, 0.29) is 0 Å². The van der Waals surface area contributed by atoms with Crippen molar-refractivity contribution in [3.8, 4) is 0 Å². The van der Waals surface area contributed by atoms with Gasteiger partial charge in [-0.15, -0.1) is 0 Å². The zero-order valence-electron chi connectivity index (χ0n) is 10.6. The van der Waals surface area contributed by atoms with Crippen LogP contribution in [0.15, 0.2) is 0 Å². The lowest BCUT2D eigenvalue weighted by Gasteiger charge is -2.27. The summed E-state index contributed by atoms with van der Waals surface area (Å²) in [6.45, 7) is 9.75. The molecule has 0 spiro atoms. The second-order valence-corrected chi connectivity index (χ2v) is 4.66. The summed E-state index contributed by atoms with van der Waals surface area (Å²) in [4.78, 5) is 2.45. The maximum absolute atomic E-state index is 5.58. The van der Waals surface area contributed by atoms with Gasteiger partial charge >= 0.3 is 0 Å². The fraction of sp³-hybridized carbons (Fsp3) is 1.00. The molecule has 0 aromatic heterocycles. The van der Waals surface area contributed by atoms with Crippen LogP contribution in [0.5, 0.6) is 0 Å². The van der Waals surface area contributed by atoms with E-state index in [0.29, 0.717) is 18.2 Å². The van der Waals surface area contributed by atoms with Crippen molar-refractivity contribution in [1.82, 2.24) is 10.2 Å². The quantitative estimate of drug-likeness (QED) is 0.725. The summed E-state index contributed by atoms with van der Waals surface area (Å²) >= 11 is 0. The van der Waals surface area contributed by atoms with Crippen LogP contribution in [-0.4, -0.2) is 49.8 Å². The number of ether oxygens (including phenoxy) is 1. The summed E-state index contributed by atoms with van der Waals surface area (Å²) in [5.74, 6) is 0. The minimum Gasteiger partial charge on any atom is -0.377 e. The first-order valence-corrected chi connectivity index (χ1v) is 6.20. The van der Waals surface area contributed by atoms with Crippen LogP contribution < -0.4 is 5.32 Å². The van der Waals surface area contributed by atoms with Crippen molar-refractivity contribution in [1.29, 1.82) is 0 Å². The van der Waals surface area contributed by atoms with Crippen LogP contribution in [0.1, 0.15) is 33.6 Å². The van der Waals surface area contributed by atoms with Gasteiger partial charge in [-0.3, -0.25) is 0 Å². The Balaban J connectivity index is 2.20. The smallest absolute Gasteiger partial charge is 0.0702 e. The first-order valence-electron chi connectivity index (χ1n) is 6.20. The lowest BCUT2D eigenvalue weighted by atomic mass is 10.1. The Morgan fingerprint density at radius 2 is 2.27 bits per heavy atom. The highest BCUT2D eigenvalue weighted by molar-refractivity contribution is 4.80. The van der Waals surface area contributed by atoms with Crippen molar-refractivity contribution in [3.63, 3.8) is 0 Å². The molecule has 90 valence electrons. The van der Waals surface area contributed by atoms with Gasteiger partial charge in [0.05, 0.1) is 6.10 Å². The Morgan fingerprint density at radius 3 is 2.80 bits per heavy atom. The Kier molecular flexibility index (Phi) is 5.58. The summed E-state index contributed by atoms with van der Waals surface area (Å²) in [6.07, 6.45) is 2.81. The van der Waals surface area contributed by atoms with E-state index in [1.54, 1.807) is 0 Å². The monoisotopic (exact) mass is 214 g/mol. The second kappa shape index (κ2) is 6.46. The molecular weight excluding hydrogens is 188 g/mol. The van der Waals surface area contributed by atoms with Crippen molar-refractivity contribution >= 4 is 0 Å². The highest BCUT2D eigenvalue weighted by Crippen LogP contribution is 2.18. The molecule has 1 N–H and O–H groups in total. The number of nitrogens with one attached hydrogen (secondary N) is 1. The van der Waals surface area contributed by atoms with Crippen molar-refractivity contribution in [2.24, 2.45) is 0 Å². The summed E-state index contributed by atoms with van der Waals surface area (Å²) in [7, 11) is 2.22. The van der Waals surface area contributed by atoms with E-state index in [4.69, 9.17) is 4.74 Å². The first-order chi connectivity index (χ1) is 7.15. The molecule has 0 amide bonds. The van der Waals surface area contributed by atoms with Crippen LogP contribution in [0.25, 0.3) is 0 Å². The van der Waals surface area contributed by atoms with E-state index in [1.165, 1.54) is 12.8 Å². The SMILES string of the molecule is CCNC(C)CCN(C)C1CCOC1C. The number of hydrogen-bond acceptors (Lipinski definition) is 3. The highest BCUT2D eigenvalue weighted by atomic mass is 16.5. The van der Waals surface area contributed by atoms with Crippen LogP contribution in [0.4, 0.5) is 0 Å². The molecule has 3 heteroatoms. The average Bonchev–Trinajstić information content (AvgIpc) is 2.61. The van der Waals surface area contributed by atoms with Gasteiger partial charge in [0.1, 0.15) is 0 Å². The highest BCUT2D eigenvalue weighted by Gasteiger charge is 2.27. The molecule has 1 rings (SSSR count). The third kappa shape index (κ3) is 4.09. The van der Waals surface area contributed by atoms with Crippen LogP contribution in [-0.2, 0) is 4.74 Å². The molecule has 3 atom stereocenters. The molecule has 3 unspecified atom stereocenters. The van der Waals surface area contributed by atoms with E-state index in [0.717, 1.165) is 19.7 Å². The average molecular weight is 214 g/mol. The summed E-state index contributed by atoms with van der Waals surface area (Å²) < 4.78 is 5.58. The van der Waals surface area contributed by atoms with E-state index in [1.807, 2.05) is 0 Å². The Morgan fingerprint density at radius 1 is 1.53 bits per heavy atom. The zero-order valence-corrected chi connectivity index (χ0v) is 10.6. The molecule has 0 bridgehead atoms. The largest absolute Gasteiger partial charge is 0.377 e. The normalized spacial score (nSPS) is 28.6. The summed E-state index contributed by atoms with van der Waals surface area (Å²) in [6, 6.07) is 1.24. The van der Waals surface area contributed by atoms with Crippen LogP contribution in [0, 0.1) is 0 Å². The predicted molar refractivity (Wildman–Crippen MR) is 64.2 cm³/mol. The fourth-order valence-electron chi connectivity index (χ4n) is 2.31. The summed E-state index contributed by atoms with van der Waals surface area (Å²) in [5, 5.41) is 3.44. The standard InChI is InChI=1S/C12H26N2O/c1-5-13-10(2)6-8-14(4)12-7-9-15-11(12)3/h10-13H,5-9H2,1-4H3. The molecule has 1 aliphatic rings. The molecule has 15 heavy (non-hydrogen) atoms. The van der Waals surface area contributed by atoms with Crippen molar-refractivity contribution in [2.75, 3.05) is 26.7 Å². The molecule has 0 aliphatic carbocycles. The second-order valence-electron chi connectivity index (χ2n) is 4.66. The Hall–Kier alpha value is -0.120. The van der Waals surface area contributed by atoms with E-state index < -0.39 is 0 Å². The first kappa shape index (κ1) is 12.9. The lowest BCUT2D eigenvalue weighted by Crippen LogP contribution is -2.39. The molecule has 1 fully saturated rings. The molecule has 0 aromatic rings. The predicted octanol–water partition coefficient (Wildman–Crippen LogP) is 1.48. The van der Waals surface area contributed by atoms with Crippen molar-refractivity contribution in [2.45, 2.75) is 51.8 Å². The summed E-state index contributed by atoms with van der Waals surface area (Å²) in [5.41, 5.74) is 0.